The summed E-state index contributed by atoms with van der Waals surface area (Å²) in [5, 5.41) is 15.1. The van der Waals surface area contributed by atoms with Crippen molar-refractivity contribution in [1.82, 2.24) is 5.32 Å². The lowest BCUT2D eigenvalue weighted by Gasteiger charge is -2.18. The van der Waals surface area contributed by atoms with Crippen LogP contribution in [-0.4, -0.2) is 29.6 Å². The molecule has 1 unspecified atom stereocenters. The molecule has 2 rings (SSSR count). The molecule has 0 radical (unpaired) electrons. The average molecular weight is 304 g/mol. The second kappa shape index (κ2) is 7.94. The van der Waals surface area contributed by atoms with Crippen molar-refractivity contribution in [1.29, 1.82) is 0 Å². The van der Waals surface area contributed by atoms with Crippen molar-refractivity contribution in [3.8, 4) is 0 Å². The number of aryl methyl sites for hydroxylation is 1. The van der Waals surface area contributed by atoms with Gasteiger partial charge in [-0.1, -0.05) is 38.0 Å². The molecule has 0 spiro atoms. The van der Waals surface area contributed by atoms with Crippen LogP contribution in [0.2, 0.25) is 0 Å². The summed E-state index contributed by atoms with van der Waals surface area (Å²) >= 11 is 0. The van der Waals surface area contributed by atoms with Crippen molar-refractivity contribution in [3.05, 3.63) is 29.8 Å². The highest BCUT2D eigenvalue weighted by Crippen LogP contribution is 2.27. The SMILES string of the molecule is CCc1ccccc1NC(=O)C(=O)NCC(O)C1CCCC1. The van der Waals surface area contributed by atoms with E-state index in [2.05, 4.69) is 10.6 Å². The number of hydrogen-bond donors (Lipinski definition) is 3. The van der Waals surface area contributed by atoms with Crippen LogP contribution in [0.4, 0.5) is 5.69 Å². The van der Waals surface area contributed by atoms with Crippen LogP contribution in [0.5, 0.6) is 0 Å². The van der Waals surface area contributed by atoms with Gasteiger partial charge in [-0.05, 0) is 36.8 Å². The number of anilines is 1. The van der Waals surface area contributed by atoms with Crippen LogP contribution in [0.15, 0.2) is 24.3 Å². The molecule has 22 heavy (non-hydrogen) atoms. The largest absolute Gasteiger partial charge is 0.391 e. The first kappa shape index (κ1) is 16.5. The van der Waals surface area contributed by atoms with Crippen LogP contribution in [-0.2, 0) is 16.0 Å². The maximum absolute atomic E-state index is 11.9. The molecule has 1 aliphatic carbocycles. The fourth-order valence-electron chi connectivity index (χ4n) is 2.92. The zero-order valence-electron chi connectivity index (χ0n) is 13.0. The summed E-state index contributed by atoms with van der Waals surface area (Å²) in [6, 6.07) is 7.40. The topological polar surface area (TPSA) is 78.4 Å². The lowest BCUT2D eigenvalue weighted by molar-refractivity contribution is -0.136. The second-order valence-electron chi connectivity index (χ2n) is 5.79. The van der Waals surface area contributed by atoms with Crippen molar-refractivity contribution in [3.63, 3.8) is 0 Å². The van der Waals surface area contributed by atoms with E-state index in [9.17, 15) is 14.7 Å². The predicted molar refractivity (Wildman–Crippen MR) is 85.4 cm³/mol. The van der Waals surface area contributed by atoms with E-state index in [-0.39, 0.29) is 12.5 Å². The molecular weight excluding hydrogens is 280 g/mol. The second-order valence-corrected chi connectivity index (χ2v) is 5.79. The average Bonchev–Trinajstić information content (AvgIpc) is 3.07. The molecule has 1 saturated carbocycles. The fourth-order valence-corrected chi connectivity index (χ4v) is 2.92. The van der Waals surface area contributed by atoms with Gasteiger partial charge in [-0.15, -0.1) is 0 Å². The summed E-state index contributed by atoms with van der Waals surface area (Å²) in [6.45, 7) is 2.12. The van der Waals surface area contributed by atoms with Crippen LogP contribution in [0.1, 0.15) is 38.2 Å². The molecule has 3 N–H and O–H groups in total. The number of carbonyl (C=O) groups excluding carboxylic acids is 2. The smallest absolute Gasteiger partial charge is 0.313 e. The molecule has 1 aromatic rings. The van der Waals surface area contributed by atoms with Gasteiger partial charge in [0.2, 0.25) is 0 Å². The maximum atomic E-state index is 11.9. The zero-order chi connectivity index (χ0) is 15.9. The van der Waals surface area contributed by atoms with Crippen molar-refractivity contribution >= 4 is 17.5 Å². The summed E-state index contributed by atoms with van der Waals surface area (Å²) in [5.74, 6) is -1.16. The highest BCUT2D eigenvalue weighted by atomic mass is 16.3. The highest BCUT2D eigenvalue weighted by molar-refractivity contribution is 6.39. The Hall–Kier alpha value is -1.88. The molecule has 5 heteroatoms. The van der Waals surface area contributed by atoms with Gasteiger partial charge in [-0.3, -0.25) is 9.59 Å². The highest BCUT2D eigenvalue weighted by Gasteiger charge is 2.24. The number of para-hydroxylation sites is 1. The Kier molecular flexibility index (Phi) is 5.95. The van der Waals surface area contributed by atoms with Gasteiger partial charge in [0.25, 0.3) is 0 Å². The van der Waals surface area contributed by atoms with Crippen LogP contribution in [0.3, 0.4) is 0 Å². The van der Waals surface area contributed by atoms with Crippen molar-refractivity contribution < 1.29 is 14.7 Å². The predicted octanol–water partition coefficient (Wildman–Crippen LogP) is 1.85. The monoisotopic (exact) mass is 304 g/mol. The number of aliphatic hydroxyl groups is 1. The number of carbonyl (C=O) groups is 2. The Morgan fingerprint density at radius 2 is 1.91 bits per heavy atom. The molecular formula is C17H24N2O3. The maximum Gasteiger partial charge on any atom is 0.313 e. The molecule has 0 heterocycles. The third kappa shape index (κ3) is 4.31. The molecule has 1 fully saturated rings. The van der Waals surface area contributed by atoms with E-state index in [1.807, 2.05) is 25.1 Å². The fraction of sp³-hybridized carbons (Fsp3) is 0.529. The van der Waals surface area contributed by atoms with Crippen molar-refractivity contribution in [2.75, 3.05) is 11.9 Å². The normalized spacial score (nSPS) is 16.3. The number of aliphatic hydroxyl groups excluding tert-OH is 1. The van der Waals surface area contributed by atoms with Gasteiger partial charge < -0.3 is 15.7 Å². The summed E-state index contributed by atoms with van der Waals surface area (Å²) in [5.41, 5.74) is 1.64. The van der Waals surface area contributed by atoms with Crippen LogP contribution >= 0.6 is 0 Å². The van der Waals surface area contributed by atoms with Gasteiger partial charge in [0.1, 0.15) is 0 Å². The number of hydrogen-bond acceptors (Lipinski definition) is 3. The van der Waals surface area contributed by atoms with Crippen LogP contribution in [0.25, 0.3) is 0 Å². The number of nitrogens with one attached hydrogen (secondary N) is 2. The molecule has 0 aliphatic heterocycles. The summed E-state index contributed by atoms with van der Waals surface area (Å²) in [7, 11) is 0. The molecule has 120 valence electrons. The number of rotatable bonds is 5. The van der Waals surface area contributed by atoms with E-state index in [0.29, 0.717) is 5.69 Å². The van der Waals surface area contributed by atoms with Gasteiger partial charge in [-0.25, -0.2) is 0 Å². The Balaban J connectivity index is 1.83. The third-order valence-electron chi connectivity index (χ3n) is 4.27. The molecule has 0 saturated heterocycles. The van der Waals surface area contributed by atoms with Gasteiger partial charge in [-0.2, -0.15) is 0 Å². The van der Waals surface area contributed by atoms with E-state index >= 15 is 0 Å². The minimum Gasteiger partial charge on any atom is -0.391 e. The number of benzene rings is 1. The van der Waals surface area contributed by atoms with Crippen molar-refractivity contribution in [2.45, 2.75) is 45.1 Å². The van der Waals surface area contributed by atoms with Gasteiger partial charge >= 0.3 is 11.8 Å². The molecule has 1 aromatic carbocycles. The first-order valence-electron chi connectivity index (χ1n) is 7.97. The van der Waals surface area contributed by atoms with E-state index in [1.54, 1.807) is 6.07 Å². The van der Waals surface area contributed by atoms with E-state index in [1.165, 1.54) is 0 Å². The van der Waals surface area contributed by atoms with Crippen LogP contribution in [0, 0.1) is 5.92 Å². The van der Waals surface area contributed by atoms with E-state index in [0.717, 1.165) is 37.7 Å². The van der Waals surface area contributed by atoms with E-state index in [4.69, 9.17) is 0 Å². The molecule has 2 amide bonds. The van der Waals surface area contributed by atoms with Gasteiger partial charge in [0.15, 0.2) is 0 Å². The summed E-state index contributed by atoms with van der Waals surface area (Å²) in [6.07, 6.45) is 4.45. The standard InChI is InChI=1S/C17H24N2O3/c1-2-12-7-5-6-10-14(12)19-17(22)16(21)18-11-15(20)13-8-3-4-9-13/h5-7,10,13,15,20H,2-4,8-9,11H2,1H3,(H,18,21)(H,19,22). The minimum atomic E-state index is -0.706. The lowest BCUT2D eigenvalue weighted by atomic mass is 10.0. The Morgan fingerprint density at radius 3 is 2.59 bits per heavy atom. The molecule has 0 bridgehead atoms. The summed E-state index contributed by atoms with van der Waals surface area (Å²) < 4.78 is 0. The molecule has 1 atom stereocenters. The minimum absolute atomic E-state index is 0.131. The first-order valence-corrected chi connectivity index (χ1v) is 7.97. The molecule has 0 aromatic heterocycles. The van der Waals surface area contributed by atoms with E-state index < -0.39 is 17.9 Å². The van der Waals surface area contributed by atoms with Gasteiger partial charge in [0.05, 0.1) is 6.10 Å². The third-order valence-corrected chi connectivity index (χ3v) is 4.27. The van der Waals surface area contributed by atoms with Crippen molar-refractivity contribution in [2.24, 2.45) is 5.92 Å². The lowest BCUT2D eigenvalue weighted by Crippen LogP contribution is -2.41. The Bertz CT molecular complexity index is 524. The quantitative estimate of drug-likeness (QED) is 0.727. The zero-order valence-corrected chi connectivity index (χ0v) is 13.0. The Labute approximate surface area is 131 Å². The summed E-state index contributed by atoms with van der Waals surface area (Å²) in [4.78, 5) is 23.7. The molecule has 5 nitrogen and oxygen atoms in total. The van der Waals surface area contributed by atoms with Crippen LogP contribution < -0.4 is 10.6 Å². The molecule has 1 aliphatic rings. The first-order chi connectivity index (χ1) is 10.6. The Morgan fingerprint density at radius 1 is 1.23 bits per heavy atom. The van der Waals surface area contributed by atoms with Gasteiger partial charge in [0, 0.05) is 12.2 Å². The number of amides is 2.